The molecule has 8 heteroatoms. The van der Waals surface area contributed by atoms with E-state index >= 15 is 0 Å². The predicted molar refractivity (Wildman–Crippen MR) is 86.7 cm³/mol. The lowest BCUT2D eigenvalue weighted by atomic mass is 10.3. The fourth-order valence-corrected chi connectivity index (χ4v) is 4.03. The average molecular weight is 341 g/mol. The second-order valence-electron chi connectivity index (χ2n) is 5.81. The summed E-state index contributed by atoms with van der Waals surface area (Å²) in [6.45, 7) is 6.24. The van der Waals surface area contributed by atoms with Crippen LogP contribution in [0.4, 0.5) is 0 Å². The van der Waals surface area contributed by atoms with E-state index in [9.17, 15) is 13.2 Å². The van der Waals surface area contributed by atoms with Gasteiger partial charge in [-0.25, -0.2) is 13.4 Å². The van der Waals surface area contributed by atoms with Gasteiger partial charge in [-0.2, -0.15) is 4.31 Å². The molecular weight excluding hydrogens is 318 g/mol. The van der Waals surface area contributed by atoms with Gasteiger partial charge in [0, 0.05) is 25.3 Å². The van der Waals surface area contributed by atoms with Crippen LogP contribution in [0.3, 0.4) is 0 Å². The van der Waals surface area contributed by atoms with Crippen LogP contribution in [-0.2, 0) is 14.8 Å². The van der Waals surface area contributed by atoms with E-state index in [1.165, 1.54) is 4.31 Å². The normalized spacial score (nSPS) is 22.7. The number of hydrogen-bond donors (Lipinski definition) is 1. The number of carbonyl (C=O) groups excluding carboxylic acids is 1. The molecule has 1 N–H and O–H groups in total. The standard InChI is InChI=1S/C15H23N3O4S/c1-11-5-4-6-14(17-11)15(19)16-7-8-23(20,21)18-9-12(2)22-13(3)10-18/h4-6,12-13H,7-10H2,1-3H3,(H,16,19)/t12-,13-/m1/s1. The molecule has 1 aliphatic heterocycles. The molecule has 0 spiro atoms. The number of aromatic nitrogens is 1. The van der Waals surface area contributed by atoms with Gasteiger partial charge >= 0.3 is 0 Å². The monoisotopic (exact) mass is 341 g/mol. The Morgan fingerprint density at radius 3 is 2.61 bits per heavy atom. The fourth-order valence-electron chi connectivity index (χ4n) is 2.54. The third kappa shape index (κ3) is 4.98. The van der Waals surface area contributed by atoms with Crippen LogP contribution in [0.25, 0.3) is 0 Å². The van der Waals surface area contributed by atoms with E-state index in [4.69, 9.17) is 4.74 Å². The first-order valence-electron chi connectivity index (χ1n) is 7.63. The first-order chi connectivity index (χ1) is 10.8. The largest absolute Gasteiger partial charge is 0.373 e. The van der Waals surface area contributed by atoms with E-state index in [-0.39, 0.29) is 36.1 Å². The SMILES string of the molecule is Cc1cccc(C(=O)NCCS(=O)(=O)N2C[C@@H](C)O[C@H](C)C2)n1. The molecule has 0 bridgehead atoms. The summed E-state index contributed by atoms with van der Waals surface area (Å²) in [5.74, 6) is -0.503. The molecule has 1 saturated heterocycles. The third-order valence-corrected chi connectivity index (χ3v) is 5.35. The lowest BCUT2D eigenvalue weighted by molar-refractivity contribution is -0.0440. The molecule has 1 aromatic heterocycles. The second-order valence-corrected chi connectivity index (χ2v) is 7.90. The van der Waals surface area contributed by atoms with Gasteiger partial charge in [0.15, 0.2) is 0 Å². The summed E-state index contributed by atoms with van der Waals surface area (Å²) >= 11 is 0. The molecule has 7 nitrogen and oxygen atoms in total. The highest BCUT2D eigenvalue weighted by molar-refractivity contribution is 7.89. The highest BCUT2D eigenvalue weighted by Gasteiger charge is 2.30. The van der Waals surface area contributed by atoms with Crippen LogP contribution in [0.15, 0.2) is 18.2 Å². The van der Waals surface area contributed by atoms with Crippen LogP contribution < -0.4 is 5.32 Å². The Bertz CT molecular complexity index is 652. The van der Waals surface area contributed by atoms with E-state index in [0.29, 0.717) is 13.1 Å². The van der Waals surface area contributed by atoms with Crippen molar-refractivity contribution in [2.75, 3.05) is 25.4 Å². The Morgan fingerprint density at radius 2 is 2.00 bits per heavy atom. The first kappa shape index (κ1) is 17.8. The predicted octanol–water partition coefficient (Wildman–Crippen LogP) is 0.559. The molecule has 0 aliphatic carbocycles. The van der Waals surface area contributed by atoms with Crippen molar-refractivity contribution >= 4 is 15.9 Å². The number of carbonyl (C=O) groups is 1. The zero-order valence-corrected chi connectivity index (χ0v) is 14.5. The maximum Gasteiger partial charge on any atom is 0.269 e. The van der Waals surface area contributed by atoms with Crippen molar-refractivity contribution in [3.8, 4) is 0 Å². The number of amides is 1. The molecule has 0 radical (unpaired) electrons. The fraction of sp³-hybridized carbons (Fsp3) is 0.600. The number of nitrogens with zero attached hydrogens (tertiary/aromatic N) is 2. The average Bonchev–Trinajstić information content (AvgIpc) is 2.46. The Hall–Kier alpha value is -1.51. The summed E-state index contributed by atoms with van der Waals surface area (Å²) in [5, 5.41) is 2.61. The van der Waals surface area contributed by atoms with Gasteiger partial charge in [0.25, 0.3) is 5.91 Å². The maximum atomic E-state index is 12.4. The van der Waals surface area contributed by atoms with Crippen LogP contribution in [0, 0.1) is 6.92 Å². The Balaban J connectivity index is 1.88. The smallest absolute Gasteiger partial charge is 0.269 e. The minimum absolute atomic E-state index is 0.0525. The zero-order valence-electron chi connectivity index (χ0n) is 13.7. The molecule has 2 atom stereocenters. The summed E-state index contributed by atoms with van der Waals surface area (Å²) in [4.78, 5) is 16.1. The molecular formula is C15H23N3O4S. The number of sulfonamides is 1. The number of hydrogen-bond acceptors (Lipinski definition) is 5. The minimum Gasteiger partial charge on any atom is -0.373 e. The van der Waals surface area contributed by atoms with Gasteiger partial charge in [0.2, 0.25) is 10.0 Å². The van der Waals surface area contributed by atoms with Crippen molar-refractivity contribution in [2.45, 2.75) is 33.0 Å². The molecule has 128 valence electrons. The van der Waals surface area contributed by atoms with Gasteiger partial charge in [-0.1, -0.05) is 6.07 Å². The Labute approximate surface area is 137 Å². The topological polar surface area (TPSA) is 88.6 Å². The van der Waals surface area contributed by atoms with Crippen molar-refractivity contribution < 1.29 is 17.9 Å². The number of rotatable bonds is 5. The number of nitrogens with one attached hydrogen (secondary N) is 1. The zero-order chi connectivity index (χ0) is 17.0. The molecule has 2 heterocycles. The van der Waals surface area contributed by atoms with Crippen LogP contribution in [0.5, 0.6) is 0 Å². The summed E-state index contributed by atoms with van der Waals surface area (Å²) in [7, 11) is -3.42. The molecule has 0 unspecified atom stereocenters. The first-order valence-corrected chi connectivity index (χ1v) is 9.24. The number of morpholine rings is 1. The van der Waals surface area contributed by atoms with Gasteiger partial charge in [-0.3, -0.25) is 4.79 Å². The van der Waals surface area contributed by atoms with Gasteiger partial charge in [0.05, 0.1) is 18.0 Å². The van der Waals surface area contributed by atoms with E-state index in [2.05, 4.69) is 10.3 Å². The van der Waals surface area contributed by atoms with Crippen molar-refractivity contribution in [1.29, 1.82) is 0 Å². The number of pyridine rings is 1. The van der Waals surface area contributed by atoms with Crippen molar-refractivity contribution in [3.63, 3.8) is 0 Å². The molecule has 1 fully saturated rings. The molecule has 2 rings (SSSR count). The van der Waals surface area contributed by atoms with Crippen LogP contribution >= 0.6 is 0 Å². The summed E-state index contributed by atoms with van der Waals surface area (Å²) in [6.07, 6.45) is -0.251. The molecule has 0 aromatic carbocycles. The molecule has 1 amide bonds. The van der Waals surface area contributed by atoms with Gasteiger partial charge in [-0.05, 0) is 32.9 Å². The quantitative estimate of drug-likeness (QED) is 0.845. The van der Waals surface area contributed by atoms with Crippen molar-refractivity contribution in [2.24, 2.45) is 0 Å². The van der Waals surface area contributed by atoms with E-state index in [0.717, 1.165) is 5.69 Å². The highest BCUT2D eigenvalue weighted by atomic mass is 32.2. The molecule has 0 saturated carbocycles. The van der Waals surface area contributed by atoms with E-state index in [1.54, 1.807) is 25.1 Å². The highest BCUT2D eigenvalue weighted by Crippen LogP contribution is 2.14. The number of aryl methyl sites for hydroxylation is 1. The Kier molecular flexibility index (Phi) is 5.72. The summed E-state index contributed by atoms with van der Waals surface area (Å²) in [6, 6.07) is 5.13. The lowest BCUT2D eigenvalue weighted by Gasteiger charge is -2.34. The molecule has 1 aliphatic rings. The molecule has 1 aromatic rings. The molecule has 23 heavy (non-hydrogen) atoms. The number of ether oxygens (including phenoxy) is 1. The minimum atomic E-state index is -3.42. The lowest BCUT2D eigenvalue weighted by Crippen LogP contribution is -2.49. The van der Waals surface area contributed by atoms with Crippen molar-refractivity contribution in [1.82, 2.24) is 14.6 Å². The van der Waals surface area contributed by atoms with Crippen molar-refractivity contribution in [3.05, 3.63) is 29.6 Å². The van der Waals surface area contributed by atoms with Crippen LogP contribution in [0.2, 0.25) is 0 Å². The van der Waals surface area contributed by atoms with Crippen LogP contribution in [-0.4, -0.2) is 61.2 Å². The summed E-state index contributed by atoms with van der Waals surface area (Å²) in [5.41, 5.74) is 1.03. The summed E-state index contributed by atoms with van der Waals surface area (Å²) < 4.78 is 31.7. The van der Waals surface area contributed by atoms with Gasteiger partial charge in [-0.15, -0.1) is 0 Å². The van der Waals surface area contributed by atoms with E-state index < -0.39 is 10.0 Å². The Morgan fingerprint density at radius 1 is 1.35 bits per heavy atom. The van der Waals surface area contributed by atoms with Crippen LogP contribution in [0.1, 0.15) is 30.0 Å². The third-order valence-electron chi connectivity index (χ3n) is 3.55. The maximum absolute atomic E-state index is 12.4. The van der Waals surface area contributed by atoms with E-state index in [1.807, 2.05) is 13.8 Å². The van der Waals surface area contributed by atoms with Gasteiger partial charge < -0.3 is 10.1 Å². The second kappa shape index (κ2) is 7.37. The van der Waals surface area contributed by atoms with Gasteiger partial charge in [0.1, 0.15) is 5.69 Å².